The summed E-state index contributed by atoms with van der Waals surface area (Å²) in [6.45, 7) is 5.14. The van der Waals surface area contributed by atoms with E-state index >= 15 is 0 Å². The van der Waals surface area contributed by atoms with Crippen molar-refractivity contribution in [3.63, 3.8) is 0 Å². The molecule has 0 bridgehead atoms. The predicted octanol–water partition coefficient (Wildman–Crippen LogP) is 4.16. The fourth-order valence-electron chi connectivity index (χ4n) is 3.66. The van der Waals surface area contributed by atoms with Crippen LogP contribution in [0.1, 0.15) is 39.2 Å². The summed E-state index contributed by atoms with van der Waals surface area (Å²) in [6.07, 6.45) is 4.93. The SMILES string of the molecule is CC(C)n1cnc2c(Nc3cccc(Cl)c3)nc(N3CCCCC3CO)nc21. The fourth-order valence-corrected chi connectivity index (χ4v) is 3.85. The number of piperidine rings is 1. The molecular formula is C20H25ClN6O. The van der Waals surface area contributed by atoms with Crippen LogP contribution in [0.5, 0.6) is 0 Å². The Morgan fingerprint density at radius 3 is 2.89 bits per heavy atom. The van der Waals surface area contributed by atoms with Crippen molar-refractivity contribution >= 4 is 40.2 Å². The quantitative estimate of drug-likeness (QED) is 0.669. The van der Waals surface area contributed by atoms with Gasteiger partial charge in [-0.2, -0.15) is 9.97 Å². The molecule has 1 aromatic carbocycles. The molecule has 1 atom stereocenters. The number of hydrogen-bond acceptors (Lipinski definition) is 6. The predicted molar refractivity (Wildman–Crippen MR) is 113 cm³/mol. The number of nitrogens with zero attached hydrogens (tertiary/aromatic N) is 5. The zero-order chi connectivity index (χ0) is 19.7. The van der Waals surface area contributed by atoms with Crippen LogP contribution in [0.2, 0.25) is 5.02 Å². The normalized spacial score (nSPS) is 17.5. The van der Waals surface area contributed by atoms with Crippen molar-refractivity contribution in [3.05, 3.63) is 35.6 Å². The lowest BCUT2D eigenvalue weighted by Gasteiger charge is -2.34. The summed E-state index contributed by atoms with van der Waals surface area (Å²) >= 11 is 6.14. The standard InChI is InChI=1S/C20H25ClN6O/c1-13(2)27-12-22-17-18(23-15-7-5-6-14(21)10-15)24-20(25-19(17)27)26-9-4-3-8-16(26)11-28/h5-7,10,12-13,16,28H,3-4,8-9,11H2,1-2H3,(H,23,24,25). The number of nitrogens with one attached hydrogen (secondary N) is 1. The second-order valence-corrected chi connectivity index (χ2v) is 7.89. The van der Waals surface area contributed by atoms with Gasteiger partial charge in [0.05, 0.1) is 19.0 Å². The smallest absolute Gasteiger partial charge is 0.229 e. The largest absolute Gasteiger partial charge is 0.394 e. The van der Waals surface area contributed by atoms with E-state index in [1.165, 1.54) is 0 Å². The second-order valence-electron chi connectivity index (χ2n) is 7.45. The van der Waals surface area contributed by atoms with Crippen molar-refractivity contribution in [2.24, 2.45) is 0 Å². The average molecular weight is 401 g/mol. The Balaban J connectivity index is 1.82. The Bertz CT molecular complexity index is 972. The first-order chi connectivity index (χ1) is 13.6. The van der Waals surface area contributed by atoms with Crippen LogP contribution >= 0.6 is 11.6 Å². The van der Waals surface area contributed by atoms with E-state index in [-0.39, 0.29) is 18.7 Å². The Morgan fingerprint density at radius 2 is 2.14 bits per heavy atom. The van der Waals surface area contributed by atoms with Gasteiger partial charge in [-0.15, -0.1) is 0 Å². The molecule has 1 fully saturated rings. The third kappa shape index (κ3) is 3.64. The van der Waals surface area contributed by atoms with Crippen molar-refractivity contribution in [1.82, 2.24) is 19.5 Å². The summed E-state index contributed by atoms with van der Waals surface area (Å²) < 4.78 is 2.04. The number of imidazole rings is 1. The Labute approximate surface area is 169 Å². The van der Waals surface area contributed by atoms with Crippen LogP contribution in [-0.4, -0.2) is 43.8 Å². The van der Waals surface area contributed by atoms with Gasteiger partial charge in [-0.3, -0.25) is 0 Å². The maximum absolute atomic E-state index is 9.83. The number of halogens is 1. The van der Waals surface area contributed by atoms with Gasteiger partial charge >= 0.3 is 0 Å². The molecule has 3 heterocycles. The molecule has 0 aliphatic carbocycles. The maximum atomic E-state index is 9.83. The molecule has 3 aromatic rings. The van der Waals surface area contributed by atoms with Gasteiger partial charge in [0.25, 0.3) is 0 Å². The van der Waals surface area contributed by atoms with Gasteiger partial charge in [-0.05, 0) is 51.3 Å². The van der Waals surface area contributed by atoms with E-state index in [4.69, 9.17) is 21.6 Å². The molecule has 1 saturated heterocycles. The highest BCUT2D eigenvalue weighted by Gasteiger charge is 2.26. The number of benzene rings is 1. The van der Waals surface area contributed by atoms with Gasteiger partial charge in [0.1, 0.15) is 0 Å². The summed E-state index contributed by atoms with van der Waals surface area (Å²) in [5.41, 5.74) is 2.34. The topological polar surface area (TPSA) is 79.1 Å². The van der Waals surface area contributed by atoms with Crippen molar-refractivity contribution in [2.45, 2.75) is 45.2 Å². The van der Waals surface area contributed by atoms with Gasteiger partial charge in [0.15, 0.2) is 17.0 Å². The molecule has 148 valence electrons. The molecule has 0 radical (unpaired) electrons. The third-order valence-electron chi connectivity index (χ3n) is 5.15. The van der Waals surface area contributed by atoms with Gasteiger partial charge in [-0.25, -0.2) is 4.98 Å². The lowest BCUT2D eigenvalue weighted by Crippen LogP contribution is -2.43. The fraction of sp³-hybridized carbons (Fsp3) is 0.450. The molecule has 7 nitrogen and oxygen atoms in total. The van der Waals surface area contributed by atoms with Crippen LogP contribution in [0.3, 0.4) is 0 Å². The van der Waals surface area contributed by atoms with Gasteiger partial charge in [0.2, 0.25) is 5.95 Å². The third-order valence-corrected chi connectivity index (χ3v) is 5.38. The number of anilines is 3. The van der Waals surface area contributed by atoms with E-state index in [2.05, 4.69) is 29.0 Å². The monoisotopic (exact) mass is 400 g/mol. The number of rotatable bonds is 5. The summed E-state index contributed by atoms with van der Waals surface area (Å²) in [6, 6.07) is 7.79. The van der Waals surface area contributed by atoms with Crippen LogP contribution in [0.25, 0.3) is 11.2 Å². The van der Waals surface area contributed by atoms with E-state index in [1.807, 2.05) is 28.8 Å². The van der Waals surface area contributed by atoms with Crippen LogP contribution in [0, 0.1) is 0 Å². The lowest BCUT2D eigenvalue weighted by molar-refractivity contribution is 0.239. The van der Waals surface area contributed by atoms with E-state index in [9.17, 15) is 5.11 Å². The van der Waals surface area contributed by atoms with Crippen LogP contribution < -0.4 is 10.2 Å². The van der Waals surface area contributed by atoms with Crippen molar-refractivity contribution in [2.75, 3.05) is 23.4 Å². The number of hydrogen-bond donors (Lipinski definition) is 2. The average Bonchev–Trinajstić information content (AvgIpc) is 3.12. The highest BCUT2D eigenvalue weighted by atomic mass is 35.5. The summed E-state index contributed by atoms with van der Waals surface area (Å²) in [7, 11) is 0. The summed E-state index contributed by atoms with van der Waals surface area (Å²) in [4.78, 5) is 16.3. The molecule has 1 aliphatic heterocycles. The minimum Gasteiger partial charge on any atom is -0.394 e. The van der Waals surface area contributed by atoms with Gasteiger partial charge < -0.3 is 19.9 Å². The van der Waals surface area contributed by atoms with Crippen molar-refractivity contribution in [3.8, 4) is 0 Å². The minimum absolute atomic E-state index is 0.0423. The van der Waals surface area contributed by atoms with E-state index in [0.717, 1.165) is 42.7 Å². The first kappa shape index (κ1) is 19.0. The number of aromatic nitrogens is 4. The molecule has 0 saturated carbocycles. The van der Waals surface area contributed by atoms with Gasteiger partial charge in [-0.1, -0.05) is 17.7 Å². The number of aliphatic hydroxyl groups is 1. The highest BCUT2D eigenvalue weighted by molar-refractivity contribution is 6.30. The molecule has 1 unspecified atom stereocenters. The molecular weight excluding hydrogens is 376 g/mol. The van der Waals surface area contributed by atoms with E-state index in [0.29, 0.717) is 16.8 Å². The Kier molecular flexibility index (Phi) is 5.37. The zero-order valence-electron chi connectivity index (χ0n) is 16.1. The molecule has 0 amide bonds. The van der Waals surface area contributed by atoms with Crippen molar-refractivity contribution in [1.29, 1.82) is 0 Å². The molecule has 2 N–H and O–H groups in total. The van der Waals surface area contributed by atoms with Crippen LogP contribution in [0.4, 0.5) is 17.5 Å². The number of aliphatic hydroxyl groups excluding tert-OH is 1. The molecule has 8 heteroatoms. The molecule has 28 heavy (non-hydrogen) atoms. The maximum Gasteiger partial charge on any atom is 0.229 e. The summed E-state index contributed by atoms with van der Waals surface area (Å²) in [5, 5.41) is 13.8. The lowest BCUT2D eigenvalue weighted by atomic mass is 10.0. The highest BCUT2D eigenvalue weighted by Crippen LogP contribution is 2.30. The van der Waals surface area contributed by atoms with Crippen LogP contribution in [-0.2, 0) is 0 Å². The first-order valence-electron chi connectivity index (χ1n) is 9.71. The molecule has 2 aromatic heterocycles. The molecule has 1 aliphatic rings. The van der Waals surface area contributed by atoms with E-state index < -0.39 is 0 Å². The Hall–Kier alpha value is -2.38. The molecule has 0 spiro atoms. The van der Waals surface area contributed by atoms with E-state index in [1.54, 1.807) is 6.33 Å². The summed E-state index contributed by atoms with van der Waals surface area (Å²) in [5.74, 6) is 1.27. The van der Waals surface area contributed by atoms with Crippen molar-refractivity contribution < 1.29 is 5.11 Å². The molecule has 4 rings (SSSR count). The first-order valence-corrected chi connectivity index (χ1v) is 10.1. The number of fused-ring (bicyclic) bond motifs is 1. The van der Waals surface area contributed by atoms with Crippen LogP contribution in [0.15, 0.2) is 30.6 Å². The Morgan fingerprint density at radius 1 is 1.29 bits per heavy atom. The minimum atomic E-state index is 0.0423. The zero-order valence-corrected chi connectivity index (χ0v) is 16.9. The van der Waals surface area contributed by atoms with Gasteiger partial charge in [0, 0.05) is 23.3 Å². The second kappa shape index (κ2) is 7.93.